The van der Waals surface area contributed by atoms with Crippen molar-refractivity contribution >= 4 is 74.3 Å². The minimum Gasteiger partial charge on any atom is -0.311 e. The summed E-state index contributed by atoms with van der Waals surface area (Å²) >= 11 is 0. The van der Waals surface area contributed by atoms with Crippen molar-refractivity contribution in [1.29, 1.82) is 0 Å². The Labute approximate surface area is 434 Å². The van der Waals surface area contributed by atoms with Crippen LogP contribution in [0.3, 0.4) is 0 Å². The number of rotatable bonds is 6. The molecule has 2 heterocycles. The average molecular weight is 948 g/mol. The Balaban J connectivity index is 1.16. The van der Waals surface area contributed by atoms with Gasteiger partial charge in [0.15, 0.2) is 0 Å². The first-order valence-corrected chi connectivity index (χ1v) is 26.3. The van der Waals surface area contributed by atoms with Crippen LogP contribution in [0.2, 0.25) is 0 Å². The molecule has 73 heavy (non-hydrogen) atoms. The predicted molar refractivity (Wildman–Crippen MR) is 314 cm³/mol. The lowest BCUT2D eigenvalue weighted by Gasteiger charge is -2.45. The second-order valence-electron chi connectivity index (χ2n) is 24.3. The van der Waals surface area contributed by atoms with Crippen molar-refractivity contribution in [1.82, 2.24) is 0 Å². The van der Waals surface area contributed by atoms with Crippen LogP contribution in [-0.4, -0.2) is 6.71 Å². The van der Waals surface area contributed by atoms with E-state index >= 15 is 0 Å². The number of anilines is 9. The van der Waals surface area contributed by atoms with Gasteiger partial charge in [0.05, 0.1) is 11.4 Å². The summed E-state index contributed by atoms with van der Waals surface area (Å²) in [5.41, 5.74) is 26.0. The van der Waals surface area contributed by atoms with Crippen molar-refractivity contribution in [2.45, 2.75) is 97.8 Å². The smallest absolute Gasteiger partial charge is 0.252 e. The average Bonchev–Trinajstić information content (AvgIpc) is 3.62. The van der Waals surface area contributed by atoms with Crippen LogP contribution in [0.4, 0.5) is 51.2 Å². The second kappa shape index (κ2) is 16.8. The Kier molecular flexibility index (Phi) is 10.7. The maximum absolute atomic E-state index is 2.63. The normalized spacial score (nSPS) is 14.3. The lowest BCUT2D eigenvalue weighted by atomic mass is 9.33. The third kappa shape index (κ3) is 7.55. The molecule has 0 spiro atoms. The quantitative estimate of drug-likeness (QED) is 0.154. The molecule has 360 valence electrons. The molecule has 0 N–H and O–H groups in total. The van der Waals surface area contributed by atoms with Crippen LogP contribution < -0.4 is 31.1 Å². The number of para-hydroxylation sites is 1. The van der Waals surface area contributed by atoms with Gasteiger partial charge in [-0.15, -0.1) is 0 Å². The maximum atomic E-state index is 2.63. The Bertz CT molecular complexity index is 3600. The lowest BCUT2D eigenvalue weighted by Crippen LogP contribution is -2.61. The number of hydrogen-bond acceptors (Lipinski definition) is 3. The Morgan fingerprint density at radius 3 is 1.63 bits per heavy atom. The van der Waals surface area contributed by atoms with Crippen LogP contribution in [-0.2, 0) is 21.7 Å². The van der Waals surface area contributed by atoms with E-state index in [0.717, 1.165) is 17.1 Å². The molecule has 9 aromatic rings. The van der Waals surface area contributed by atoms with Gasteiger partial charge in [0.2, 0.25) is 0 Å². The molecule has 3 aliphatic rings. The minimum absolute atomic E-state index is 0.0155. The predicted octanol–water partition coefficient (Wildman–Crippen LogP) is 17.1. The highest BCUT2D eigenvalue weighted by Gasteiger charge is 2.46. The first kappa shape index (κ1) is 46.5. The number of nitrogens with zero attached hydrogens (tertiary/aromatic N) is 3. The standard InChI is InChI=1S/C69H66BN3/c1-66(2,3)46-31-36-49(37-32-46)71(58-27-18-16-23-52(58)45-21-13-12-14-22-45)51-40-41-56-63(44-51)73(60-28-19-26-55-64(60)53-24-15-17-25-54(53)69(55,10)11)62-30-20-29-61-65(62)70(56)57-43-48(68(7,8)9)35-42-59(57)72(61)50-38-33-47(34-39-50)67(4,5)6/h12-44H,1-11H3. The van der Waals surface area contributed by atoms with Crippen LogP contribution >= 0.6 is 0 Å². The van der Waals surface area contributed by atoms with Gasteiger partial charge >= 0.3 is 0 Å². The van der Waals surface area contributed by atoms with Crippen molar-refractivity contribution in [2.75, 3.05) is 14.7 Å². The van der Waals surface area contributed by atoms with Gasteiger partial charge in [-0.05, 0) is 138 Å². The SMILES string of the molecule is CC(C)(C)c1ccc(N(c2ccc3c(c2)N(c2cccc4c2-c2ccccc2C4(C)C)c2cccc4c2B3c2cc(C(C)(C)C)ccc2N4c2ccc(C(C)(C)C)cc2)c2ccccc2-c2ccccc2)cc1. The van der Waals surface area contributed by atoms with Crippen molar-refractivity contribution < 1.29 is 0 Å². The van der Waals surface area contributed by atoms with Crippen molar-refractivity contribution in [2.24, 2.45) is 0 Å². The van der Waals surface area contributed by atoms with Crippen LogP contribution in [0.15, 0.2) is 200 Å². The Hall–Kier alpha value is -7.56. The first-order chi connectivity index (χ1) is 34.9. The van der Waals surface area contributed by atoms with Gasteiger partial charge in [0, 0.05) is 56.4 Å². The molecule has 1 aliphatic carbocycles. The van der Waals surface area contributed by atoms with Gasteiger partial charge in [-0.2, -0.15) is 0 Å². The van der Waals surface area contributed by atoms with Gasteiger partial charge in [-0.3, -0.25) is 0 Å². The lowest BCUT2D eigenvalue weighted by molar-refractivity contribution is 0.590. The fourth-order valence-corrected chi connectivity index (χ4v) is 12.2. The van der Waals surface area contributed by atoms with Crippen LogP contribution in [0.1, 0.15) is 104 Å². The van der Waals surface area contributed by atoms with Crippen LogP contribution in [0.25, 0.3) is 22.3 Å². The van der Waals surface area contributed by atoms with E-state index in [4.69, 9.17) is 0 Å². The molecule has 0 saturated carbocycles. The number of fused-ring (bicyclic) bond motifs is 7. The molecule has 0 unspecified atom stereocenters. The summed E-state index contributed by atoms with van der Waals surface area (Å²) in [5, 5.41) is 0. The van der Waals surface area contributed by atoms with Crippen LogP contribution in [0, 0.1) is 0 Å². The van der Waals surface area contributed by atoms with Gasteiger partial charge in [0.25, 0.3) is 6.71 Å². The molecule has 2 aliphatic heterocycles. The molecule has 0 saturated heterocycles. The molecule has 0 fully saturated rings. The third-order valence-electron chi connectivity index (χ3n) is 16.1. The molecule has 9 aromatic carbocycles. The zero-order chi connectivity index (χ0) is 50.8. The van der Waals surface area contributed by atoms with Crippen molar-refractivity contribution in [3.05, 3.63) is 228 Å². The molecule has 0 radical (unpaired) electrons. The van der Waals surface area contributed by atoms with E-state index in [1.807, 2.05) is 0 Å². The molecule has 0 aromatic heterocycles. The highest BCUT2D eigenvalue weighted by molar-refractivity contribution is 7.00. The summed E-state index contributed by atoms with van der Waals surface area (Å²) < 4.78 is 0. The van der Waals surface area contributed by atoms with Gasteiger partial charge in [-0.1, -0.05) is 210 Å². The molecule has 12 rings (SSSR count). The molecular formula is C69H66BN3. The number of benzene rings is 9. The zero-order valence-electron chi connectivity index (χ0n) is 44.5. The van der Waals surface area contributed by atoms with E-state index in [2.05, 4.69) is 291 Å². The fraction of sp³-hybridized carbons (Fsp3) is 0.217. The summed E-state index contributed by atoms with van der Waals surface area (Å²) in [6, 6.07) is 76.1. The maximum Gasteiger partial charge on any atom is 0.252 e. The molecule has 0 amide bonds. The van der Waals surface area contributed by atoms with E-state index in [9.17, 15) is 0 Å². The molecule has 0 atom stereocenters. The minimum atomic E-state index is -0.170. The first-order valence-electron chi connectivity index (χ1n) is 26.3. The van der Waals surface area contributed by atoms with E-state index in [1.165, 1.54) is 101 Å². The summed E-state index contributed by atoms with van der Waals surface area (Å²) in [6.45, 7) is 25.5. The van der Waals surface area contributed by atoms with Gasteiger partial charge in [-0.25, -0.2) is 0 Å². The molecule has 4 heteroatoms. The summed E-state index contributed by atoms with van der Waals surface area (Å²) in [5.74, 6) is 0. The van der Waals surface area contributed by atoms with E-state index in [0.29, 0.717) is 0 Å². The van der Waals surface area contributed by atoms with Gasteiger partial charge in [0.1, 0.15) is 0 Å². The largest absolute Gasteiger partial charge is 0.311 e. The number of hydrogen-bond donors (Lipinski definition) is 0. The zero-order valence-corrected chi connectivity index (χ0v) is 44.5. The molecule has 3 nitrogen and oxygen atoms in total. The van der Waals surface area contributed by atoms with Crippen LogP contribution in [0.5, 0.6) is 0 Å². The van der Waals surface area contributed by atoms with E-state index in [-0.39, 0.29) is 28.4 Å². The van der Waals surface area contributed by atoms with Crippen molar-refractivity contribution in [3.63, 3.8) is 0 Å². The highest BCUT2D eigenvalue weighted by Crippen LogP contribution is 2.56. The summed E-state index contributed by atoms with van der Waals surface area (Å²) in [7, 11) is 0. The third-order valence-corrected chi connectivity index (χ3v) is 16.1. The van der Waals surface area contributed by atoms with Crippen molar-refractivity contribution in [3.8, 4) is 22.3 Å². The second-order valence-corrected chi connectivity index (χ2v) is 24.3. The van der Waals surface area contributed by atoms with E-state index < -0.39 is 0 Å². The topological polar surface area (TPSA) is 9.72 Å². The fourth-order valence-electron chi connectivity index (χ4n) is 12.2. The highest BCUT2D eigenvalue weighted by atomic mass is 15.2. The Morgan fingerprint density at radius 1 is 0.397 bits per heavy atom. The summed E-state index contributed by atoms with van der Waals surface area (Å²) in [4.78, 5) is 7.66. The molecular weight excluding hydrogens is 882 g/mol. The van der Waals surface area contributed by atoms with E-state index in [1.54, 1.807) is 0 Å². The van der Waals surface area contributed by atoms with Gasteiger partial charge < -0.3 is 14.7 Å². The summed E-state index contributed by atoms with van der Waals surface area (Å²) in [6.07, 6.45) is 0. The monoisotopic (exact) mass is 948 g/mol. The Morgan fingerprint density at radius 2 is 0.945 bits per heavy atom. The molecule has 0 bridgehead atoms.